The van der Waals surface area contributed by atoms with Crippen LogP contribution in [0.5, 0.6) is 0 Å². The Labute approximate surface area is 136 Å². The van der Waals surface area contributed by atoms with Gasteiger partial charge in [-0.15, -0.1) is 0 Å². The minimum atomic E-state index is -0.0472. The van der Waals surface area contributed by atoms with Crippen LogP contribution >= 0.6 is 11.8 Å². The molecule has 5 heteroatoms. The summed E-state index contributed by atoms with van der Waals surface area (Å²) in [5.41, 5.74) is 2.33. The molecule has 0 aromatic rings. The maximum Gasteiger partial charge on any atom is 0.221 e. The number of carbonyl (C=O) groups excluding carboxylic acids is 1. The third-order valence-electron chi connectivity index (χ3n) is 4.29. The number of rotatable bonds is 2. The van der Waals surface area contributed by atoms with Crippen molar-refractivity contribution in [3.63, 3.8) is 0 Å². The first kappa shape index (κ1) is 16.6. The van der Waals surface area contributed by atoms with E-state index in [0.29, 0.717) is 17.6 Å². The van der Waals surface area contributed by atoms with Gasteiger partial charge in [-0.05, 0) is 42.9 Å². The maximum atomic E-state index is 12.5. The summed E-state index contributed by atoms with van der Waals surface area (Å²) in [5, 5.41) is 18.5. The van der Waals surface area contributed by atoms with E-state index in [-0.39, 0.29) is 16.1 Å². The fourth-order valence-corrected chi connectivity index (χ4v) is 3.76. The minimum absolute atomic E-state index is 0.0320. The van der Waals surface area contributed by atoms with Gasteiger partial charge in [-0.2, -0.15) is 10.5 Å². The summed E-state index contributed by atoms with van der Waals surface area (Å²) in [6, 6.07) is 3.97. The van der Waals surface area contributed by atoms with Crippen LogP contribution < -0.4 is 0 Å². The van der Waals surface area contributed by atoms with Gasteiger partial charge in [0.1, 0.15) is 17.7 Å². The first-order valence-electron chi connectivity index (χ1n) is 7.53. The Morgan fingerprint density at radius 3 is 2.27 bits per heavy atom. The van der Waals surface area contributed by atoms with E-state index in [0.717, 1.165) is 49.8 Å². The minimum Gasteiger partial charge on any atom is -0.374 e. The number of nitriles is 2. The smallest absolute Gasteiger partial charge is 0.221 e. The number of nitrogens with zero attached hydrogens (tertiary/aromatic N) is 3. The zero-order chi connectivity index (χ0) is 16.3. The van der Waals surface area contributed by atoms with Crippen LogP contribution in [0.3, 0.4) is 0 Å². The Balaban J connectivity index is 2.68. The van der Waals surface area contributed by atoms with Gasteiger partial charge in [0.15, 0.2) is 0 Å². The second-order valence-electron chi connectivity index (χ2n) is 6.60. The van der Waals surface area contributed by atoms with Gasteiger partial charge >= 0.3 is 0 Å². The van der Waals surface area contributed by atoms with Crippen LogP contribution in [-0.2, 0) is 4.79 Å². The molecule has 0 saturated carbocycles. The van der Waals surface area contributed by atoms with Crippen molar-refractivity contribution in [1.82, 2.24) is 4.90 Å². The zero-order valence-corrected chi connectivity index (χ0v) is 14.2. The SMILES string of the molecule is CSC(=O)C1=C(N2CCCC2)CC(C)(C)CC1=C(C#N)C#N. The molecule has 0 radical (unpaired) electrons. The summed E-state index contributed by atoms with van der Waals surface area (Å²) >= 11 is 1.16. The van der Waals surface area contributed by atoms with Crippen molar-refractivity contribution in [1.29, 1.82) is 10.5 Å². The molecule has 0 amide bonds. The Hall–Kier alpha value is -1.72. The number of carbonyl (C=O) groups is 1. The third kappa shape index (κ3) is 3.20. The molecule has 1 aliphatic carbocycles. The first-order chi connectivity index (χ1) is 10.4. The lowest BCUT2D eigenvalue weighted by Gasteiger charge is -2.38. The highest BCUT2D eigenvalue weighted by molar-refractivity contribution is 8.13. The van der Waals surface area contributed by atoms with Gasteiger partial charge in [0, 0.05) is 18.8 Å². The van der Waals surface area contributed by atoms with E-state index in [1.54, 1.807) is 6.26 Å². The van der Waals surface area contributed by atoms with E-state index in [2.05, 4.69) is 18.7 Å². The lowest BCUT2D eigenvalue weighted by Crippen LogP contribution is -2.32. The van der Waals surface area contributed by atoms with Crippen LogP contribution in [0, 0.1) is 28.1 Å². The molecular weight excluding hydrogens is 294 g/mol. The van der Waals surface area contributed by atoms with E-state index in [4.69, 9.17) is 0 Å². The van der Waals surface area contributed by atoms with Gasteiger partial charge in [0.25, 0.3) is 0 Å². The molecule has 0 atom stereocenters. The molecule has 22 heavy (non-hydrogen) atoms. The number of hydrogen-bond acceptors (Lipinski definition) is 5. The molecule has 2 aliphatic rings. The highest BCUT2D eigenvalue weighted by atomic mass is 32.2. The van der Waals surface area contributed by atoms with Crippen LogP contribution in [0.1, 0.15) is 39.5 Å². The largest absolute Gasteiger partial charge is 0.374 e. The van der Waals surface area contributed by atoms with E-state index in [1.807, 2.05) is 12.1 Å². The number of allylic oxidation sites excluding steroid dienone is 3. The summed E-state index contributed by atoms with van der Waals surface area (Å²) in [6.07, 6.45) is 5.44. The van der Waals surface area contributed by atoms with E-state index >= 15 is 0 Å². The van der Waals surface area contributed by atoms with E-state index in [1.165, 1.54) is 0 Å². The molecule has 1 saturated heterocycles. The monoisotopic (exact) mass is 315 g/mol. The van der Waals surface area contributed by atoms with Crippen molar-refractivity contribution in [3.8, 4) is 12.1 Å². The van der Waals surface area contributed by atoms with Crippen LogP contribution in [0.2, 0.25) is 0 Å². The molecule has 2 rings (SSSR count). The van der Waals surface area contributed by atoms with Crippen molar-refractivity contribution in [2.75, 3.05) is 19.3 Å². The quantitative estimate of drug-likeness (QED) is 0.731. The lowest BCUT2D eigenvalue weighted by molar-refractivity contribution is -0.107. The van der Waals surface area contributed by atoms with Crippen molar-refractivity contribution in [2.45, 2.75) is 39.5 Å². The summed E-state index contributed by atoms with van der Waals surface area (Å²) < 4.78 is 0. The molecule has 0 aromatic heterocycles. The average Bonchev–Trinajstić information content (AvgIpc) is 3.00. The normalized spacial score (nSPS) is 20.6. The second-order valence-corrected chi connectivity index (χ2v) is 7.38. The van der Waals surface area contributed by atoms with Crippen LogP contribution in [0.15, 0.2) is 22.4 Å². The Morgan fingerprint density at radius 2 is 1.77 bits per heavy atom. The highest BCUT2D eigenvalue weighted by Gasteiger charge is 2.37. The van der Waals surface area contributed by atoms with Crippen LogP contribution in [0.25, 0.3) is 0 Å². The van der Waals surface area contributed by atoms with Crippen molar-refractivity contribution >= 4 is 16.9 Å². The van der Waals surface area contributed by atoms with Gasteiger partial charge in [0.05, 0.1) is 5.57 Å². The molecule has 1 aliphatic heterocycles. The summed E-state index contributed by atoms with van der Waals surface area (Å²) in [6.45, 7) is 6.18. The first-order valence-corrected chi connectivity index (χ1v) is 8.76. The highest BCUT2D eigenvalue weighted by Crippen LogP contribution is 2.45. The van der Waals surface area contributed by atoms with Crippen molar-refractivity contribution < 1.29 is 4.79 Å². The topological polar surface area (TPSA) is 67.9 Å². The van der Waals surface area contributed by atoms with Crippen molar-refractivity contribution in [3.05, 3.63) is 22.4 Å². The predicted octanol–water partition coefficient (Wildman–Crippen LogP) is 3.39. The number of hydrogen-bond donors (Lipinski definition) is 0. The summed E-state index contributed by atoms with van der Waals surface area (Å²) in [7, 11) is 0. The van der Waals surface area contributed by atoms with Crippen LogP contribution in [-0.4, -0.2) is 29.4 Å². The molecule has 1 fully saturated rings. The predicted molar refractivity (Wildman–Crippen MR) is 87.6 cm³/mol. The molecule has 0 bridgehead atoms. The lowest BCUT2D eigenvalue weighted by atomic mass is 9.72. The Bertz CT molecular complexity index is 609. The fraction of sp³-hybridized carbons (Fsp3) is 0.588. The molecule has 0 unspecified atom stereocenters. The van der Waals surface area contributed by atoms with Crippen LogP contribution in [0.4, 0.5) is 0 Å². The molecule has 116 valence electrons. The molecule has 1 heterocycles. The molecule has 0 spiro atoms. The Kier molecular flexibility index (Phi) is 4.98. The molecule has 0 N–H and O–H groups in total. The van der Waals surface area contributed by atoms with E-state index in [9.17, 15) is 15.3 Å². The third-order valence-corrected chi connectivity index (χ3v) is 4.87. The number of thioether (sulfide) groups is 1. The number of likely N-dealkylation sites (tertiary alicyclic amines) is 1. The maximum absolute atomic E-state index is 12.5. The standard InChI is InChI=1S/C17H21N3OS/c1-17(2)8-13(12(10-18)11-19)15(16(21)22-3)14(9-17)20-6-4-5-7-20/h4-9H2,1-3H3. The van der Waals surface area contributed by atoms with E-state index < -0.39 is 0 Å². The van der Waals surface area contributed by atoms with Gasteiger partial charge < -0.3 is 4.90 Å². The fourth-order valence-electron chi connectivity index (χ4n) is 3.32. The molecule has 0 aromatic carbocycles. The second kappa shape index (κ2) is 6.58. The molecular formula is C17H21N3OS. The Morgan fingerprint density at radius 1 is 1.18 bits per heavy atom. The van der Waals surface area contributed by atoms with Gasteiger partial charge in [-0.3, -0.25) is 4.79 Å². The average molecular weight is 315 g/mol. The van der Waals surface area contributed by atoms with Gasteiger partial charge in [0.2, 0.25) is 5.12 Å². The zero-order valence-electron chi connectivity index (χ0n) is 13.4. The van der Waals surface area contributed by atoms with Gasteiger partial charge in [-0.1, -0.05) is 25.6 Å². The summed E-state index contributed by atoms with van der Waals surface area (Å²) in [4.78, 5) is 14.8. The molecule has 4 nitrogen and oxygen atoms in total. The van der Waals surface area contributed by atoms with Gasteiger partial charge in [-0.25, -0.2) is 0 Å². The summed E-state index contributed by atoms with van der Waals surface area (Å²) in [5.74, 6) is 0. The van der Waals surface area contributed by atoms with Crippen molar-refractivity contribution in [2.24, 2.45) is 5.41 Å².